The molecule has 1 N–H and O–H groups in total. The smallest absolute Gasteiger partial charge is 0.0615 e. The molecular weight excluding hydrogens is 316 g/mol. The van der Waals surface area contributed by atoms with Crippen molar-refractivity contribution in [3.8, 4) is 0 Å². The van der Waals surface area contributed by atoms with Gasteiger partial charge in [-0.3, -0.25) is 0 Å². The van der Waals surface area contributed by atoms with Crippen LogP contribution < -0.4 is 0 Å². The van der Waals surface area contributed by atoms with E-state index in [0.29, 0.717) is 0 Å². The van der Waals surface area contributed by atoms with Crippen molar-refractivity contribution in [2.24, 2.45) is 0 Å². The van der Waals surface area contributed by atoms with Crippen molar-refractivity contribution in [2.45, 2.75) is 0 Å². The van der Waals surface area contributed by atoms with E-state index in [2.05, 4.69) is 78.9 Å². The Kier molecular flexibility index (Phi) is 6.35. The third-order valence-electron chi connectivity index (χ3n) is 4.09. The van der Waals surface area contributed by atoms with Crippen LogP contribution in [0.4, 0.5) is 0 Å². The van der Waals surface area contributed by atoms with Gasteiger partial charge in [0.1, 0.15) is 0 Å². The standard InChI is InChI=1S/C25H22O/c26-20-12-4-11-19-24(21-13-5-1-6-14-21)25(22-15-7-2-8-16-22)23-17-9-3-10-18-23/h1-19,26H,20H2/b12-4+,19-11+. The highest BCUT2D eigenvalue weighted by atomic mass is 16.2. The average molecular weight is 338 g/mol. The zero-order chi connectivity index (χ0) is 18.0. The van der Waals surface area contributed by atoms with E-state index < -0.39 is 0 Å². The third-order valence-corrected chi connectivity index (χ3v) is 4.09. The van der Waals surface area contributed by atoms with Crippen LogP contribution in [0.2, 0.25) is 0 Å². The van der Waals surface area contributed by atoms with Gasteiger partial charge in [-0.05, 0) is 27.8 Å². The summed E-state index contributed by atoms with van der Waals surface area (Å²) in [5.41, 5.74) is 5.84. The van der Waals surface area contributed by atoms with E-state index in [1.54, 1.807) is 6.08 Å². The zero-order valence-electron chi connectivity index (χ0n) is 14.6. The van der Waals surface area contributed by atoms with Crippen molar-refractivity contribution in [3.05, 3.63) is 132 Å². The Balaban J connectivity index is 2.25. The highest BCUT2D eigenvalue weighted by Gasteiger charge is 2.11. The Bertz CT molecular complexity index is 847. The summed E-state index contributed by atoms with van der Waals surface area (Å²) < 4.78 is 0. The van der Waals surface area contributed by atoms with Crippen molar-refractivity contribution >= 4 is 11.1 Å². The Morgan fingerprint density at radius 3 is 1.54 bits per heavy atom. The van der Waals surface area contributed by atoms with Gasteiger partial charge in [-0.1, -0.05) is 115 Å². The van der Waals surface area contributed by atoms with E-state index in [0.717, 1.165) is 11.1 Å². The van der Waals surface area contributed by atoms with Crippen LogP contribution in [-0.4, -0.2) is 11.7 Å². The summed E-state index contributed by atoms with van der Waals surface area (Å²) in [4.78, 5) is 0. The second kappa shape index (κ2) is 9.36. The quantitative estimate of drug-likeness (QED) is 0.448. The lowest BCUT2D eigenvalue weighted by molar-refractivity contribution is 0.343. The molecule has 1 nitrogen and oxygen atoms in total. The molecular formula is C25H22O. The third kappa shape index (κ3) is 4.47. The minimum absolute atomic E-state index is 0.0406. The van der Waals surface area contributed by atoms with E-state index in [1.807, 2.05) is 30.4 Å². The first-order chi connectivity index (χ1) is 12.9. The molecule has 3 rings (SSSR count). The molecule has 0 radical (unpaired) electrons. The van der Waals surface area contributed by atoms with Crippen molar-refractivity contribution < 1.29 is 5.11 Å². The Morgan fingerprint density at radius 1 is 0.615 bits per heavy atom. The first-order valence-electron chi connectivity index (χ1n) is 8.75. The van der Waals surface area contributed by atoms with Gasteiger partial charge >= 0.3 is 0 Å². The van der Waals surface area contributed by atoms with Gasteiger partial charge in [0.15, 0.2) is 0 Å². The first kappa shape index (κ1) is 17.7. The van der Waals surface area contributed by atoms with Crippen LogP contribution in [0.25, 0.3) is 11.1 Å². The van der Waals surface area contributed by atoms with Crippen molar-refractivity contribution in [2.75, 3.05) is 6.61 Å². The summed E-state index contributed by atoms with van der Waals surface area (Å²) in [6, 6.07) is 31.3. The maximum absolute atomic E-state index is 8.98. The molecule has 0 atom stereocenters. The van der Waals surface area contributed by atoms with Crippen molar-refractivity contribution in [3.63, 3.8) is 0 Å². The van der Waals surface area contributed by atoms with Crippen molar-refractivity contribution in [1.82, 2.24) is 0 Å². The summed E-state index contributed by atoms with van der Waals surface area (Å²) in [5, 5.41) is 8.98. The van der Waals surface area contributed by atoms with Crippen LogP contribution in [-0.2, 0) is 0 Å². The van der Waals surface area contributed by atoms with Crippen molar-refractivity contribution in [1.29, 1.82) is 0 Å². The molecule has 0 heterocycles. The highest BCUT2D eigenvalue weighted by molar-refractivity contribution is 6.02. The lowest BCUT2D eigenvalue weighted by Crippen LogP contribution is -1.93. The average Bonchev–Trinajstić information content (AvgIpc) is 2.72. The maximum atomic E-state index is 8.98. The summed E-state index contributed by atoms with van der Waals surface area (Å²) >= 11 is 0. The fourth-order valence-electron chi connectivity index (χ4n) is 2.92. The van der Waals surface area contributed by atoms with E-state index in [-0.39, 0.29) is 6.61 Å². The second-order valence-electron chi connectivity index (χ2n) is 5.86. The molecule has 1 heteroatoms. The number of hydrogen-bond donors (Lipinski definition) is 1. The minimum Gasteiger partial charge on any atom is -0.392 e. The normalized spacial score (nSPS) is 11.1. The van der Waals surface area contributed by atoms with Gasteiger partial charge in [0.25, 0.3) is 0 Å². The molecule has 3 aromatic carbocycles. The first-order valence-corrected chi connectivity index (χ1v) is 8.75. The number of benzene rings is 3. The molecule has 0 unspecified atom stereocenters. The summed E-state index contributed by atoms with van der Waals surface area (Å²) in [6.07, 6.45) is 7.68. The molecule has 128 valence electrons. The topological polar surface area (TPSA) is 20.2 Å². The predicted octanol–water partition coefficient (Wildman–Crippen LogP) is 5.75. The van der Waals surface area contributed by atoms with Gasteiger partial charge < -0.3 is 5.11 Å². The van der Waals surface area contributed by atoms with E-state index in [4.69, 9.17) is 5.11 Å². The zero-order valence-corrected chi connectivity index (χ0v) is 14.6. The Labute approximate surface area is 155 Å². The maximum Gasteiger partial charge on any atom is 0.0615 e. The number of hydrogen-bond acceptors (Lipinski definition) is 1. The lowest BCUT2D eigenvalue weighted by Gasteiger charge is -2.15. The molecule has 3 aromatic rings. The molecule has 0 aliphatic carbocycles. The molecule has 0 aliphatic heterocycles. The van der Waals surface area contributed by atoms with Crippen LogP contribution >= 0.6 is 0 Å². The van der Waals surface area contributed by atoms with Gasteiger partial charge in [-0.25, -0.2) is 0 Å². The molecule has 0 saturated carbocycles. The van der Waals surface area contributed by atoms with Crippen LogP contribution in [0.15, 0.2) is 115 Å². The van der Waals surface area contributed by atoms with Gasteiger partial charge in [0.05, 0.1) is 6.61 Å². The fourth-order valence-corrected chi connectivity index (χ4v) is 2.92. The lowest BCUT2D eigenvalue weighted by atomic mass is 9.89. The molecule has 0 aliphatic rings. The van der Waals surface area contributed by atoms with Gasteiger partial charge in [0.2, 0.25) is 0 Å². The molecule has 0 saturated heterocycles. The molecule has 0 spiro atoms. The van der Waals surface area contributed by atoms with Crippen LogP contribution in [0, 0.1) is 0 Å². The van der Waals surface area contributed by atoms with Gasteiger partial charge in [0, 0.05) is 0 Å². The Morgan fingerprint density at radius 2 is 1.08 bits per heavy atom. The van der Waals surface area contributed by atoms with E-state index in [9.17, 15) is 0 Å². The number of rotatable bonds is 6. The molecule has 0 fully saturated rings. The number of aliphatic hydroxyl groups excluding tert-OH is 1. The van der Waals surface area contributed by atoms with E-state index in [1.165, 1.54) is 16.7 Å². The SMILES string of the molecule is OC/C=C/C=C/C(=C(c1ccccc1)c1ccccc1)c1ccccc1. The van der Waals surface area contributed by atoms with Crippen LogP contribution in [0.1, 0.15) is 16.7 Å². The van der Waals surface area contributed by atoms with Crippen LogP contribution in [0.5, 0.6) is 0 Å². The molecule has 26 heavy (non-hydrogen) atoms. The fraction of sp³-hybridized carbons (Fsp3) is 0.0400. The second-order valence-corrected chi connectivity index (χ2v) is 5.86. The summed E-state index contributed by atoms with van der Waals surface area (Å²) in [5.74, 6) is 0. The summed E-state index contributed by atoms with van der Waals surface area (Å²) in [7, 11) is 0. The molecule has 0 amide bonds. The largest absolute Gasteiger partial charge is 0.392 e. The van der Waals surface area contributed by atoms with Gasteiger partial charge in [-0.15, -0.1) is 0 Å². The minimum atomic E-state index is 0.0406. The van der Waals surface area contributed by atoms with Gasteiger partial charge in [-0.2, -0.15) is 0 Å². The number of allylic oxidation sites excluding steroid dienone is 4. The predicted molar refractivity (Wildman–Crippen MR) is 111 cm³/mol. The molecule has 0 bridgehead atoms. The number of aliphatic hydroxyl groups is 1. The van der Waals surface area contributed by atoms with Crippen LogP contribution in [0.3, 0.4) is 0 Å². The highest BCUT2D eigenvalue weighted by Crippen LogP contribution is 2.33. The molecule has 0 aromatic heterocycles. The monoisotopic (exact) mass is 338 g/mol. The Hall–Kier alpha value is -3.16. The summed E-state index contributed by atoms with van der Waals surface area (Å²) in [6.45, 7) is 0.0406. The van der Waals surface area contributed by atoms with E-state index >= 15 is 0 Å².